The molecule has 0 unspecified atom stereocenters. The second kappa shape index (κ2) is 3.28. The molecule has 2 nitrogen and oxygen atoms in total. The molecule has 2 aromatic rings. The third kappa shape index (κ3) is 1.49. The lowest BCUT2D eigenvalue weighted by Gasteiger charge is -2.15. The molecule has 1 aromatic carbocycles. The van der Waals surface area contributed by atoms with Crippen LogP contribution in [0.15, 0.2) is 42.7 Å². The minimum Gasteiger partial charge on any atom is -0.361 e. The largest absolute Gasteiger partial charge is 0.361 e. The van der Waals surface area contributed by atoms with Gasteiger partial charge < -0.3 is 9.80 Å². The molecule has 0 aliphatic carbocycles. The molecule has 1 aliphatic heterocycles. The van der Waals surface area contributed by atoms with Gasteiger partial charge in [-0.1, -0.05) is 18.2 Å². The van der Waals surface area contributed by atoms with Gasteiger partial charge in [0.1, 0.15) is 0 Å². The number of thiophene rings is 1. The maximum atomic E-state index is 2.27. The third-order valence-corrected chi connectivity index (χ3v) is 3.73. The quantitative estimate of drug-likeness (QED) is 0.722. The van der Waals surface area contributed by atoms with Crippen LogP contribution in [0.25, 0.3) is 10.1 Å². The molecule has 76 valence electrons. The minimum absolute atomic E-state index is 0.951. The van der Waals surface area contributed by atoms with Crippen LogP contribution in [0.1, 0.15) is 0 Å². The van der Waals surface area contributed by atoms with Gasteiger partial charge in [0.15, 0.2) is 0 Å². The van der Waals surface area contributed by atoms with Crippen molar-refractivity contribution in [2.45, 2.75) is 0 Å². The lowest BCUT2D eigenvalue weighted by Crippen LogP contribution is -2.20. The highest BCUT2D eigenvalue weighted by Gasteiger charge is 2.12. The number of hydrogen-bond donors (Lipinski definition) is 0. The molecular weight excluding hydrogens is 204 g/mol. The lowest BCUT2D eigenvalue weighted by molar-refractivity contribution is 0.496. The molecule has 1 aliphatic rings. The molecule has 0 spiro atoms. The molecule has 2 heterocycles. The maximum Gasteiger partial charge on any atom is 0.0976 e. The van der Waals surface area contributed by atoms with E-state index in [4.69, 9.17) is 0 Å². The number of fused-ring (bicyclic) bond motifs is 1. The maximum absolute atomic E-state index is 2.27. The number of hydrogen-bond acceptors (Lipinski definition) is 3. The Balaban J connectivity index is 2.02. The number of rotatable bonds is 1. The number of nitrogens with zero attached hydrogens (tertiary/aromatic N) is 2. The average molecular weight is 216 g/mol. The molecule has 1 aromatic heterocycles. The van der Waals surface area contributed by atoms with E-state index in [1.165, 1.54) is 15.1 Å². The van der Waals surface area contributed by atoms with Crippen LogP contribution in [0, 0.1) is 0 Å². The van der Waals surface area contributed by atoms with Gasteiger partial charge >= 0.3 is 0 Å². The Morgan fingerprint density at radius 1 is 1.20 bits per heavy atom. The van der Waals surface area contributed by atoms with E-state index in [1.54, 1.807) is 0 Å². The molecule has 15 heavy (non-hydrogen) atoms. The summed E-state index contributed by atoms with van der Waals surface area (Å²) in [4.78, 5) is 4.44. The zero-order chi connectivity index (χ0) is 10.3. The fourth-order valence-electron chi connectivity index (χ4n) is 1.78. The van der Waals surface area contributed by atoms with Crippen LogP contribution in [-0.4, -0.2) is 18.6 Å². The lowest BCUT2D eigenvalue weighted by atomic mass is 10.3. The van der Waals surface area contributed by atoms with Crippen LogP contribution in [0.3, 0.4) is 0 Å². The number of benzene rings is 1. The Morgan fingerprint density at radius 3 is 2.80 bits per heavy atom. The summed E-state index contributed by atoms with van der Waals surface area (Å²) in [5, 5.41) is 2.65. The second-order valence-corrected chi connectivity index (χ2v) is 4.85. The van der Waals surface area contributed by atoms with E-state index in [1.807, 2.05) is 11.3 Å². The van der Waals surface area contributed by atoms with Crippen molar-refractivity contribution >= 4 is 26.4 Å². The first kappa shape index (κ1) is 8.80. The summed E-state index contributed by atoms with van der Waals surface area (Å²) in [5.74, 6) is 0. The highest BCUT2D eigenvalue weighted by atomic mass is 32.1. The monoisotopic (exact) mass is 216 g/mol. The van der Waals surface area contributed by atoms with E-state index in [9.17, 15) is 0 Å². The Bertz CT molecular complexity index is 482. The van der Waals surface area contributed by atoms with E-state index >= 15 is 0 Å². The SMILES string of the molecule is CN1C=CN(c2cc3ccccc3s2)C1. The fraction of sp³-hybridized carbons (Fsp3) is 0.167. The van der Waals surface area contributed by atoms with Crippen molar-refractivity contribution in [2.24, 2.45) is 0 Å². The average Bonchev–Trinajstić information content (AvgIpc) is 2.82. The summed E-state index contributed by atoms with van der Waals surface area (Å²) < 4.78 is 1.36. The topological polar surface area (TPSA) is 6.48 Å². The predicted molar refractivity (Wildman–Crippen MR) is 66.1 cm³/mol. The fourth-order valence-corrected chi connectivity index (χ4v) is 2.82. The van der Waals surface area contributed by atoms with Gasteiger partial charge in [-0.05, 0) is 17.5 Å². The first-order valence-electron chi connectivity index (χ1n) is 4.97. The van der Waals surface area contributed by atoms with Crippen molar-refractivity contribution < 1.29 is 0 Å². The van der Waals surface area contributed by atoms with Gasteiger partial charge in [0.25, 0.3) is 0 Å². The molecule has 0 radical (unpaired) electrons. The normalized spacial score (nSPS) is 15.5. The Hall–Kier alpha value is -1.48. The summed E-state index contributed by atoms with van der Waals surface area (Å²) in [5.41, 5.74) is 0. The van der Waals surface area contributed by atoms with Crippen LogP contribution in [0.4, 0.5) is 5.00 Å². The Morgan fingerprint density at radius 2 is 2.07 bits per heavy atom. The highest BCUT2D eigenvalue weighted by molar-refractivity contribution is 7.22. The summed E-state index contributed by atoms with van der Waals surface area (Å²) in [6.07, 6.45) is 4.23. The molecule has 0 amide bonds. The molecule has 0 atom stereocenters. The van der Waals surface area contributed by atoms with Crippen LogP contribution < -0.4 is 4.90 Å². The third-order valence-electron chi connectivity index (χ3n) is 2.57. The van der Waals surface area contributed by atoms with Crippen molar-refractivity contribution in [1.29, 1.82) is 0 Å². The van der Waals surface area contributed by atoms with Crippen LogP contribution in [0.5, 0.6) is 0 Å². The summed E-state index contributed by atoms with van der Waals surface area (Å²) in [7, 11) is 2.09. The first-order valence-corrected chi connectivity index (χ1v) is 5.78. The summed E-state index contributed by atoms with van der Waals surface area (Å²) in [6, 6.07) is 10.8. The van der Waals surface area contributed by atoms with Gasteiger partial charge in [0.05, 0.1) is 11.7 Å². The Labute approximate surface area is 93.0 Å². The van der Waals surface area contributed by atoms with Crippen molar-refractivity contribution in [3.8, 4) is 0 Å². The van der Waals surface area contributed by atoms with E-state index in [-0.39, 0.29) is 0 Å². The highest BCUT2D eigenvalue weighted by Crippen LogP contribution is 2.33. The molecular formula is C12H12N2S. The van der Waals surface area contributed by atoms with E-state index in [2.05, 4.69) is 59.6 Å². The van der Waals surface area contributed by atoms with Gasteiger partial charge in [-0.2, -0.15) is 0 Å². The van der Waals surface area contributed by atoms with Gasteiger partial charge in [-0.3, -0.25) is 0 Å². The van der Waals surface area contributed by atoms with Gasteiger partial charge in [0.2, 0.25) is 0 Å². The van der Waals surface area contributed by atoms with Crippen molar-refractivity contribution in [3.63, 3.8) is 0 Å². The first-order chi connectivity index (χ1) is 7.33. The zero-order valence-corrected chi connectivity index (χ0v) is 9.37. The number of anilines is 1. The predicted octanol–water partition coefficient (Wildman–Crippen LogP) is 3.08. The second-order valence-electron chi connectivity index (χ2n) is 3.79. The van der Waals surface area contributed by atoms with Gasteiger partial charge in [-0.25, -0.2) is 0 Å². The zero-order valence-electron chi connectivity index (χ0n) is 8.55. The molecule has 0 saturated heterocycles. The summed E-state index contributed by atoms with van der Waals surface area (Å²) in [6.45, 7) is 0.951. The van der Waals surface area contributed by atoms with Crippen molar-refractivity contribution in [2.75, 3.05) is 18.6 Å². The van der Waals surface area contributed by atoms with Crippen molar-refractivity contribution in [3.05, 3.63) is 42.7 Å². The standard InChI is InChI=1S/C12H12N2S/c1-13-6-7-14(9-13)12-8-10-4-2-3-5-11(10)15-12/h2-8H,9H2,1H3. The molecule has 0 bridgehead atoms. The minimum atomic E-state index is 0.951. The van der Waals surface area contributed by atoms with Crippen LogP contribution in [-0.2, 0) is 0 Å². The van der Waals surface area contributed by atoms with Gasteiger partial charge in [0, 0.05) is 24.1 Å². The molecule has 0 saturated carbocycles. The molecule has 3 heteroatoms. The molecule has 0 N–H and O–H groups in total. The van der Waals surface area contributed by atoms with Crippen molar-refractivity contribution in [1.82, 2.24) is 4.90 Å². The smallest absolute Gasteiger partial charge is 0.0976 e. The van der Waals surface area contributed by atoms with E-state index in [0.717, 1.165) is 6.67 Å². The van der Waals surface area contributed by atoms with Gasteiger partial charge in [-0.15, -0.1) is 11.3 Å². The molecule has 3 rings (SSSR count). The molecule has 0 fully saturated rings. The van der Waals surface area contributed by atoms with E-state index < -0.39 is 0 Å². The Kier molecular flexibility index (Phi) is 1.92. The summed E-state index contributed by atoms with van der Waals surface area (Å²) >= 11 is 1.84. The van der Waals surface area contributed by atoms with Crippen LogP contribution >= 0.6 is 11.3 Å². The van der Waals surface area contributed by atoms with E-state index in [0.29, 0.717) is 0 Å². The van der Waals surface area contributed by atoms with Crippen LogP contribution in [0.2, 0.25) is 0 Å².